The Labute approximate surface area is 141 Å². The Morgan fingerprint density at radius 1 is 1.33 bits per heavy atom. The molecule has 2 aliphatic rings. The average molecular weight is 336 g/mol. The standard InChI is InChI=1S/C16H24N4O4/c1-2-16(23)3-4-20(11-13(16)21)14(22)12-9-17-15(18-10-12)19-5-7-24-8-6-19/h9-10,13,21,23H,2-8,11H2,1H3/t13-,16-/m1/s1. The smallest absolute Gasteiger partial charge is 0.257 e. The Hall–Kier alpha value is -1.77. The first kappa shape index (κ1) is 17.1. The summed E-state index contributed by atoms with van der Waals surface area (Å²) in [5.74, 6) is 0.370. The van der Waals surface area contributed by atoms with Gasteiger partial charge in [0.15, 0.2) is 0 Å². The van der Waals surface area contributed by atoms with Crippen LogP contribution in [0, 0.1) is 0 Å². The number of aliphatic hydroxyl groups excluding tert-OH is 1. The SMILES string of the molecule is CC[C@@]1(O)CCN(C(=O)c2cnc(N3CCOCC3)nc2)C[C@H]1O. The van der Waals surface area contributed by atoms with Gasteiger partial charge in [0.2, 0.25) is 5.95 Å². The summed E-state index contributed by atoms with van der Waals surface area (Å²) in [6.07, 6.45) is 2.94. The second-order valence-electron chi connectivity index (χ2n) is 6.35. The second kappa shape index (κ2) is 7.00. The predicted octanol–water partition coefficient (Wildman–Crippen LogP) is -0.339. The third-order valence-corrected chi connectivity index (χ3v) is 4.91. The highest BCUT2D eigenvalue weighted by atomic mass is 16.5. The fraction of sp³-hybridized carbons (Fsp3) is 0.688. The van der Waals surface area contributed by atoms with Crippen LogP contribution >= 0.6 is 0 Å². The molecule has 1 aromatic rings. The maximum absolute atomic E-state index is 12.6. The van der Waals surface area contributed by atoms with Crippen molar-refractivity contribution in [2.75, 3.05) is 44.3 Å². The quantitative estimate of drug-likeness (QED) is 0.779. The first-order valence-electron chi connectivity index (χ1n) is 8.38. The number of amides is 1. The molecule has 8 heteroatoms. The van der Waals surface area contributed by atoms with E-state index < -0.39 is 11.7 Å². The van der Waals surface area contributed by atoms with Crippen molar-refractivity contribution in [3.05, 3.63) is 18.0 Å². The Morgan fingerprint density at radius 3 is 2.58 bits per heavy atom. The molecule has 2 atom stereocenters. The number of carbonyl (C=O) groups excluding carboxylic acids is 1. The molecule has 132 valence electrons. The van der Waals surface area contributed by atoms with E-state index in [0.29, 0.717) is 44.1 Å². The van der Waals surface area contributed by atoms with Crippen molar-refractivity contribution in [1.82, 2.24) is 14.9 Å². The zero-order chi connectivity index (χ0) is 17.2. The summed E-state index contributed by atoms with van der Waals surface area (Å²) >= 11 is 0. The summed E-state index contributed by atoms with van der Waals surface area (Å²) in [6.45, 7) is 5.13. The molecule has 1 aromatic heterocycles. The normalized spacial score (nSPS) is 28.0. The number of hydrogen-bond donors (Lipinski definition) is 2. The van der Waals surface area contributed by atoms with E-state index in [2.05, 4.69) is 9.97 Å². The monoisotopic (exact) mass is 336 g/mol. The summed E-state index contributed by atoms with van der Waals surface area (Å²) in [7, 11) is 0. The van der Waals surface area contributed by atoms with Gasteiger partial charge in [0.05, 0.1) is 24.4 Å². The van der Waals surface area contributed by atoms with E-state index in [4.69, 9.17) is 4.74 Å². The number of aliphatic hydroxyl groups is 2. The molecule has 0 saturated carbocycles. The fourth-order valence-corrected chi connectivity index (χ4v) is 3.10. The lowest BCUT2D eigenvalue weighted by Gasteiger charge is -2.41. The number of likely N-dealkylation sites (tertiary alicyclic amines) is 1. The first-order chi connectivity index (χ1) is 11.5. The average Bonchev–Trinajstić information content (AvgIpc) is 2.64. The van der Waals surface area contributed by atoms with Crippen molar-refractivity contribution >= 4 is 11.9 Å². The molecule has 2 saturated heterocycles. The Bertz CT molecular complexity index is 576. The number of anilines is 1. The zero-order valence-electron chi connectivity index (χ0n) is 13.9. The van der Waals surface area contributed by atoms with Crippen molar-refractivity contribution in [2.45, 2.75) is 31.5 Å². The third kappa shape index (κ3) is 3.35. The predicted molar refractivity (Wildman–Crippen MR) is 86.8 cm³/mol. The molecule has 0 spiro atoms. The van der Waals surface area contributed by atoms with Crippen LogP contribution < -0.4 is 4.90 Å². The Kier molecular flexibility index (Phi) is 4.98. The highest BCUT2D eigenvalue weighted by molar-refractivity contribution is 5.93. The minimum Gasteiger partial charge on any atom is -0.388 e. The van der Waals surface area contributed by atoms with Crippen LogP contribution in [-0.4, -0.2) is 82.1 Å². The van der Waals surface area contributed by atoms with Crippen LogP contribution in [-0.2, 0) is 4.74 Å². The Morgan fingerprint density at radius 2 is 2.00 bits per heavy atom. The molecule has 8 nitrogen and oxygen atoms in total. The van der Waals surface area contributed by atoms with Crippen LogP contribution in [0.3, 0.4) is 0 Å². The van der Waals surface area contributed by atoms with E-state index in [9.17, 15) is 15.0 Å². The molecule has 0 unspecified atom stereocenters. The van der Waals surface area contributed by atoms with Crippen molar-refractivity contribution in [1.29, 1.82) is 0 Å². The molecule has 0 aliphatic carbocycles. The van der Waals surface area contributed by atoms with Crippen molar-refractivity contribution in [3.63, 3.8) is 0 Å². The number of ether oxygens (including phenoxy) is 1. The number of β-amino-alcohol motifs (C(OH)–C–C–N with tert-alkyl or cyclic N) is 1. The molecule has 0 radical (unpaired) electrons. The van der Waals surface area contributed by atoms with Crippen molar-refractivity contribution < 1.29 is 19.7 Å². The summed E-state index contributed by atoms with van der Waals surface area (Å²) in [5.41, 5.74) is -0.714. The molecule has 2 aliphatic heterocycles. The van der Waals surface area contributed by atoms with Crippen LogP contribution in [0.1, 0.15) is 30.1 Å². The zero-order valence-corrected chi connectivity index (χ0v) is 13.9. The molecule has 1 amide bonds. The van der Waals surface area contributed by atoms with Gasteiger partial charge in [0, 0.05) is 38.6 Å². The van der Waals surface area contributed by atoms with E-state index in [1.54, 1.807) is 4.90 Å². The molecule has 0 aromatic carbocycles. The summed E-state index contributed by atoms with van der Waals surface area (Å²) in [6, 6.07) is 0. The van der Waals surface area contributed by atoms with Gasteiger partial charge in [-0.1, -0.05) is 6.92 Å². The number of morpholine rings is 1. The van der Waals surface area contributed by atoms with E-state index in [0.717, 1.165) is 13.1 Å². The van der Waals surface area contributed by atoms with Crippen molar-refractivity contribution in [3.8, 4) is 0 Å². The number of hydrogen-bond acceptors (Lipinski definition) is 7. The van der Waals surface area contributed by atoms with E-state index in [1.165, 1.54) is 12.4 Å². The summed E-state index contributed by atoms with van der Waals surface area (Å²) < 4.78 is 5.30. The summed E-state index contributed by atoms with van der Waals surface area (Å²) in [4.78, 5) is 24.7. The van der Waals surface area contributed by atoms with Crippen molar-refractivity contribution in [2.24, 2.45) is 0 Å². The van der Waals surface area contributed by atoms with Gasteiger partial charge >= 0.3 is 0 Å². The highest BCUT2D eigenvalue weighted by Crippen LogP contribution is 2.26. The van der Waals surface area contributed by atoms with E-state index in [-0.39, 0.29) is 12.5 Å². The van der Waals surface area contributed by atoms with Gasteiger partial charge in [-0.05, 0) is 12.8 Å². The van der Waals surface area contributed by atoms with Crippen LogP contribution in [0.2, 0.25) is 0 Å². The fourth-order valence-electron chi connectivity index (χ4n) is 3.10. The van der Waals surface area contributed by atoms with Gasteiger partial charge in [0.1, 0.15) is 6.10 Å². The molecule has 3 heterocycles. The number of carbonyl (C=O) groups is 1. The minimum atomic E-state index is -1.10. The second-order valence-corrected chi connectivity index (χ2v) is 6.35. The Balaban J connectivity index is 1.65. The largest absolute Gasteiger partial charge is 0.388 e. The lowest BCUT2D eigenvalue weighted by atomic mass is 9.86. The van der Waals surface area contributed by atoms with E-state index >= 15 is 0 Å². The van der Waals surface area contributed by atoms with Gasteiger partial charge in [0.25, 0.3) is 5.91 Å². The molecular weight excluding hydrogens is 312 g/mol. The number of nitrogens with zero attached hydrogens (tertiary/aromatic N) is 4. The van der Waals surface area contributed by atoms with Crippen LogP contribution in [0.25, 0.3) is 0 Å². The number of piperidine rings is 1. The van der Waals surface area contributed by atoms with Crippen LogP contribution in [0.5, 0.6) is 0 Å². The molecule has 2 N–H and O–H groups in total. The molecule has 0 bridgehead atoms. The van der Waals surface area contributed by atoms with Gasteiger partial charge in [-0.15, -0.1) is 0 Å². The molecule has 2 fully saturated rings. The number of aromatic nitrogens is 2. The van der Waals surface area contributed by atoms with Gasteiger partial charge in [-0.3, -0.25) is 4.79 Å². The molecule has 24 heavy (non-hydrogen) atoms. The number of rotatable bonds is 3. The van der Waals surface area contributed by atoms with E-state index in [1.807, 2.05) is 11.8 Å². The lowest BCUT2D eigenvalue weighted by Crippen LogP contribution is -2.56. The topological polar surface area (TPSA) is 99.0 Å². The van der Waals surface area contributed by atoms with Gasteiger partial charge in [-0.2, -0.15) is 0 Å². The first-order valence-corrected chi connectivity index (χ1v) is 8.38. The van der Waals surface area contributed by atoms with Crippen LogP contribution in [0.15, 0.2) is 12.4 Å². The minimum absolute atomic E-state index is 0.119. The van der Waals surface area contributed by atoms with Crippen LogP contribution in [0.4, 0.5) is 5.95 Å². The molecular formula is C16H24N4O4. The highest BCUT2D eigenvalue weighted by Gasteiger charge is 2.40. The third-order valence-electron chi connectivity index (χ3n) is 4.91. The summed E-state index contributed by atoms with van der Waals surface area (Å²) in [5, 5.41) is 20.4. The molecule has 3 rings (SSSR count). The maximum atomic E-state index is 12.6. The van der Waals surface area contributed by atoms with Gasteiger partial charge < -0.3 is 24.7 Å². The maximum Gasteiger partial charge on any atom is 0.257 e. The van der Waals surface area contributed by atoms with Gasteiger partial charge in [-0.25, -0.2) is 9.97 Å². The lowest BCUT2D eigenvalue weighted by molar-refractivity contribution is -0.114.